The quantitative estimate of drug-likeness (QED) is 0.500. The molecule has 0 fully saturated rings. The zero-order valence-corrected chi connectivity index (χ0v) is 6.25. The van der Waals surface area contributed by atoms with Gasteiger partial charge in [-0.15, -0.1) is 0 Å². The minimum atomic E-state index is -2.61. The van der Waals surface area contributed by atoms with E-state index < -0.39 is 24.3 Å². The lowest BCUT2D eigenvalue weighted by atomic mass is 10.2. The Balaban J connectivity index is -0.0000000675. The number of rotatable bonds is 3. The van der Waals surface area contributed by atoms with Crippen LogP contribution in [0.25, 0.3) is 0 Å². The Hall–Kier alpha value is -1.16. The first kappa shape index (κ1) is 29.3. The minimum Gasteiger partial charge on any atom is -0.379 e. The molecule has 0 saturated carbocycles. The van der Waals surface area contributed by atoms with Gasteiger partial charge in [-0.05, 0) is 0 Å². The second-order valence-electron chi connectivity index (χ2n) is 1.50. The summed E-state index contributed by atoms with van der Waals surface area (Å²) in [4.78, 5) is 19.0. The molecule has 0 rings (SSSR count). The summed E-state index contributed by atoms with van der Waals surface area (Å²) in [5.74, 6) is 0. The van der Waals surface area contributed by atoms with Crippen molar-refractivity contribution in [2.24, 2.45) is 0 Å². The highest BCUT2D eigenvalue weighted by Gasteiger charge is 2.30. The van der Waals surface area contributed by atoms with Crippen molar-refractivity contribution in [3.63, 3.8) is 0 Å². The van der Waals surface area contributed by atoms with Crippen LogP contribution < -0.4 is 0 Å². The van der Waals surface area contributed by atoms with Gasteiger partial charge in [0.25, 0.3) is 0 Å². The number of hydrogen-bond acceptors (Lipinski definition) is 4. The summed E-state index contributed by atoms with van der Waals surface area (Å²) < 4.78 is 22.7. The Morgan fingerprint density at radius 1 is 0.786 bits per heavy atom. The van der Waals surface area contributed by atoms with Crippen LogP contribution in [-0.4, -0.2) is 34.5 Å². The molecule has 0 amide bonds. The lowest BCUT2D eigenvalue weighted by Crippen LogP contribution is -2.36. The highest BCUT2D eigenvalue weighted by Crippen LogP contribution is 1.97. The maximum atomic E-state index is 11.3. The Morgan fingerprint density at radius 3 is 1.00 bits per heavy atom. The summed E-state index contributed by atoms with van der Waals surface area (Å²) in [5, 5.41) is 16.3. The molecule has 10 heteroatoms. The third-order valence-electron chi connectivity index (χ3n) is 0.764. The van der Waals surface area contributed by atoms with E-state index in [9.17, 15) is 18.4 Å². The molecule has 0 aromatic heterocycles. The molecule has 0 aliphatic rings. The molecule has 0 aliphatic carbocycles. The van der Waals surface area contributed by atoms with E-state index in [0.717, 1.165) is 0 Å². The van der Waals surface area contributed by atoms with Crippen LogP contribution in [0.3, 0.4) is 0 Å². The zero-order valence-electron chi connectivity index (χ0n) is 6.25. The summed E-state index contributed by atoms with van der Waals surface area (Å²) in [6.45, 7) is 0. The van der Waals surface area contributed by atoms with Crippen molar-refractivity contribution in [3.05, 3.63) is 0 Å². The Bertz CT molecular complexity index is 146. The van der Waals surface area contributed by atoms with Crippen molar-refractivity contribution in [2.45, 2.75) is 12.2 Å². The molecule has 90 valence electrons. The molecule has 14 heavy (non-hydrogen) atoms. The molecule has 0 bridgehead atoms. The third kappa shape index (κ3) is 8.93. The molecule has 4 nitrogen and oxygen atoms in total. The summed E-state index contributed by atoms with van der Waals surface area (Å²) in [6, 6.07) is -4.70. The van der Waals surface area contributed by atoms with Crippen molar-refractivity contribution < 1.29 is 47.4 Å². The highest BCUT2D eigenvalue weighted by atomic mass is 19.1. The first-order valence-electron chi connectivity index (χ1n) is 2.21. The monoisotopic (exact) mass is 234 g/mol. The van der Waals surface area contributed by atoms with Crippen LogP contribution in [0.15, 0.2) is 0 Å². The summed E-state index contributed by atoms with van der Waals surface area (Å²) in [6.07, 6.45) is -5.23. The van der Waals surface area contributed by atoms with Gasteiger partial charge in [-0.25, -0.2) is 0 Å². The normalized spacial score (nSPS) is 11.4. The molecular weight excluding hydrogens is 226 g/mol. The van der Waals surface area contributed by atoms with Crippen LogP contribution in [0.4, 0.5) is 27.6 Å². The van der Waals surface area contributed by atoms with Crippen LogP contribution in [-0.2, 0) is 9.59 Å². The summed E-state index contributed by atoms with van der Waals surface area (Å²) in [5.41, 5.74) is 0. The van der Waals surface area contributed by atoms with Crippen molar-refractivity contribution in [3.8, 4) is 0 Å². The molecule has 0 spiro atoms. The summed E-state index contributed by atoms with van der Waals surface area (Å²) in [7, 11) is 0. The minimum absolute atomic E-state index is 0. The van der Waals surface area contributed by atoms with Gasteiger partial charge in [-0.2, -0.15) is 8.78 Å². The Kier molecular flexibility index (Phi) is 24.8. The molecule has 0 aliphatic heterocycles. The average Bonchev–Trinajstić information content (AvgIpc) is 1.84. The molecule has 2 unspecified atom stereocenters. The van der Waals surface area contributed by atoms with Crippen molar-refractivity contribution >= 4 is 12.1 Å². The average molecular weight is 234 g/mol. The van der Waals surface area contributed by atoms with Crippen molar-refractivity contribution in [2.75, 3.05) is 0 Å². The van der Waals surface area contributed by atoms with E-state index in [1.807, 2.05) is 0 Å². The van der Waals surface area contributed by atoms with E-state index in [4.69, 9.17) is 10.2 Å². The Labute approximate surface area is 73.0 Å². The standard InChI is InChI=1S/C4H4F2O4.4FH/c5-3(9)1(7)2(8)4(6)10;;;;/h1-2,7-8H;4*1H. The van der Waals surface area contributed by atoms with Gasteiger partial charge in [0.1, 0.15) is 0 Å². The second kappa shape index (κ2) is 11.8. The number of carbonyl (C=O) groups is 2. The van der Waals surface area contributed by atoms with Crippen LogP contribution in [0.1, 0.15) is 0 Å². The number of hydrogen-bond donors (Lipinski definition) is 2. The van der Waals surface area contributed by atoms with E-state index >= 15 is 0 Å². The molecule has 0 radical (unpaired) electrons. The van der Waals surface area contributed by atoms with E-state index in [2.05, 4.69) is 0 Å². The van der Waals surface area contributed by atoms with Crippen LogP contribution in [0.5, 0.6) is 0 Å². The van der Waals surface area contributed by atoms with Crippen LogP contribution in [0.2, 0.25) is 0 Å². The van der Waals surface area contributed by atoms with E-state index in [1.54, 1.807) is 0 Å². The number of carbonyl (C=O) groups excluding carboxylic acids is 2. The first-order valence-corrected chi connectivity index (χ1v) is 2.21. The van der Waals surface area contributed by atoms with Gasteiger partial charge < -0.3 is 10.2 Å². The fraction of sp³-hybridized carbons (Fsp3) is 0.500. The highest BCUT2D eigenvalue weighted by molar-refractivity contribution is 5.83. The molecule has 0 aromatic rings. The Morgan fingerprint density at radius 2 is 0.929 bits per heavy atom. The number of halogens is 6. The molecule has 2 N–H and O–H groups in total. The molecule has 2 atom stereocenters. The van der Waals surface area contributed by atoms with E-state index in [1.165, 1.54) is 0 Å². The van der Waals surface area contributed by atoms with Gasteiger partial charge in [-0.3, -0.25) is 28.4 Å². The van der Waals surface area contributed by atoms with Gasteiger partial charge >= 0.3 is 12.1 Å². The number of aliphatic hydroxyl groups is 2. The largest absolute Gasteiger partial charge is 0.379 e. The molecule has 0 saturated heterocycles. The SMILES string of the molecule is F.F.F.F.O=C(F)C(O)C(O)C(=O)F. The predicted molar refractivity (Wildman–Crippen MR) is 34.3 cm³/mol. The lowest BCUT2D eigenvalue weighted by molar-refractivity contribution is -0.156. The first-order chi connectivity index (χ1) is 4.46. The van der Waals surface area contributed by atoms with Crippen molar-refractivity contribution in [1.29, 1.82) is 0 Å². The maximum Gasteiger partial charge on any atom is 0.332 e. The zero-order chi connectivity index (χ0) is 8.31. The van der Waals surface area contributed by atoms with Gasteiger partial charge in [-0.1, -0.05) is 0 Å². The van der Waals surface area contributed by atoms with Crippen LogP contribution >= 0.6 is 0 Å². The molecule has 0 aromatic carbocycles. The van der Waals surface area contributed by atoms with Gasteiger partial charge in [0.15, 0.2) is 12.2 Å². The van der Waals surface area contributed by atoms with Crippen LogP contribution in [0, 0.1) is 0 Å². The van der Waals surface area contributed by atoms with Gasteiger partial charge in [0.05, 0.1) is 0 Å². The van der Waals surface area contributed by atoms with Gasteiger partial charge in [0.2, 0.25) is 0 Å². The smallest absolute Gasteiger partial charge is 0.332 e. The fourth-order valence-electron chi connectivity index (χ4n) is 0.248. The topological polar surface area (TPSA) is 74.6 Å². The molecular formula is C4H8F6O4. The maximum absolute atomic E-state index is 11.3. The van der Waals surface area contributed by atoms with Gasteiger partial charge in [0, 0.05) is 0 Å². The van der Waals surface area contributed by atoms with E-state index in [-0.39, 0.29) is 18.8 Å². The fourth-order valence-corrected chi connectivity index (χ4v) is 0.248. The molecule has 0 heterocycles. The number of aliphatic hydroxyl groups excluding tert-OH is 2. The second-order valence-corrected chi connectivity index (χ2v) is 1.50. The third-order valence-corrected chi connectivity index (χ3v) is 0.764. The summed E-state index contributed by atoms with van der Waals surface area (Å²) >= 11 is 0. The van der Waals surface area contributed by atoms with Crippen molar-refractivity contribution in [1.82, 2.24) is 0 Å². The lowest BCUT2D eigenvalue weighted by Gasteiger charge is -2.05. The predicted octanol–water partition coefficient (Wildman–Crippen LogP) is -0.690. The van der Waals surface area contributed by atoms with E-state index in [0.29, 0.717) is 0 Å².